The highest BCUT2D eigenvalue weighted by atomic mass is 127. The Morgan fingerprint density at radius 3 is 2.50 bits per heavy atom. The Balaban J connectivity index is 2.10. The molecule has 0 aliphatic carbocycles. The minimum absolute atomic E-state index is 0.0427. The second-order valence-electron chi connectivity index (χ2n) is 4.23. The summed E-state index contributed by atoms with van der Waals surface area (Å²) in [5, 5.41) is 17.1. The molecule has 0 heterocycles. The van der Waals surface area contributed by atoms with Crippen LogP contribution in [0.25, 0.3) is 0 Å². The van der Waals surface area contributed by atoms with Crippen LogP contribution in [0.3, 0.4) is 0 Å². The van der Waals surface area contributed by atoms with Crippen molar-refractivity contribution in [2.24, 2.45) is 0 Å². The third-order valence-electron chi connectivity index (χ3n) is 2.75. The number of ether oxygens (including phenoxy) is 1. The Morgan fingerprint density at radius 2 is 1.91 bits per heavy atom. The van der Waals surface area contributed by atoms with Gasteiger partial charge in [-0.05, 0) is 65.1 Å². The molecule has 0 saturated carbocycles. The molecule has 0 bridgehead atoms. The molecule has 0 fully saturated rings. The number of hydrogen-bond acceptors (Lipinski definition) is 4. The predicted molar refractivity (Wildman–Crippen MR) is 98.7 cm³/mol. The van der Waals surface area contributed by atoms with Crippen LogP contribution in [-0.2, 0) is 0 Å². The number of nitrogens with zero attached hydrogens (tertiary/aromatic N) is 1. The van der Waals surface area contributed by atoms with Crippen LogP contribution in [0.5, 0.6) is 5.75 Å². The van der Waals surface area contributed by atoms with E-state index in [0.29, 0.717) is 16.5 Å². The molecule has 0 saturated heterocycles. The number of nitro groups is 1. The number of rotatable bonds is 4. The quantitative estimate of drug-likeness (QED) is 0.331. The van der Waals surface area contributed by atoms with Gasteiger partial charge in [0.05, 0.1) is 23.8 Å². The number of hydrogen-bond donors (Lipinski definition) is 2. The summed E-state index contributed by atoms with van der Waals surface area (Å²) in [6.07, 6.45) is 0. The first kappa shape index (κ1) is 16.4. The Morgan fingerprint density at radius 1 is 1.23 bits per heavy atom. The second-order valence-corrected chi connectivity index (χ2v) is 5.88. The number of thiocarbonyl (C=S) groups is 1. The number of non-ortho nitro benzene ring substituents is 1. The molecule has 6 nitrogen and oxygen atoms in total. The van der Waals surface area contributed by atoms with Gasteiger partial charge in [0, 0.05) is 15.3 Å². The summed E-state index contributed by atoms with van der Waals surface area (Å²) in [6, 6.07) is 12.0. The average Bonchev–Trinajstić information content (AvgIpc) is 2.49. The molecule has 0 aromatic heterocycles. The second kappa shape index (κ2) is 7.36. The van der Waals surface area contributed by atoms with Gasteiger partial charge in [0.25, 0.3) is 5.69 Å². The fraction of sp³-hybridized carbons (Fsp3) is 0.0714. The van der Waals surface area contributed by atoms with Gasteiger partial charge < -0.3 is 15.4 Å². The van der Waals surface area contributed by atoms with Crippen molar-refractivity contribution < 1.29 is 9.66 Å². The van der Waals surface area contributed by atoms with E-state index in [1.807, 2.05) is 24.3 Å². The number of methoxy groups -OCH3 is 1. The van der Waals surface area contributed by atoms with Crippen molar-refractivity contribution in [3.05, 3.63) is 56.1 Å². The molecule has 2 aromatic rings. The van der Waals surface area contributed by atoms with Crippen molar-refractivity contribution in [2.75, 3.05) is 17.7 Å². The topological polar surface area (TPSA) is 76.4 Å². The first-order valence-electron chi connectivity index (χ1n) is 6.15. The maximum atomic E-state index is 10.8. The average molecular weight is 429 g/mol. The first-order chi connectivity index (χ1) is 10.5. The molecule has 0 unspecified atom stereocenters. The van der Waals surface area contributed by atoms with Crippen molar-refractivity contribution in [3.8, 4) is 5.75 Å². The molecular weight excluding hydrogens is 417 g/mol. The van der Waals surface area contributed by atoms with Gasteiger partial charge in [-0.1, -0.05) is 0 Å². The van der Waals surface area contributed by atoms with E-state index in [2.05, 4.69) is 33.2 Å². The zero-order chi connectivity index (χ0) is 16.1. The SMILES string of the molecule is COc1cc([N+](=O)[O-])ccc1NC(=S)Nc1ccc(I)cc1. The lowest BCUT2D eigenvalue weighted by atomic mass is 10.2. The highest BCUT2D eigenvalue weighted by Gasteiger charge is 2.12. The zero-order valence-corrected chi connectivity index (χ0v) is 14.5. The van der Waals surface area contributed by atoms with Crippen LogP contribution in [0, 0.1) is 13.7 Å². The Bertz CT molecular complexity index is 707. The van der Waals surface area contributed by atoms with Crippen molar-refractivity contribution in [1.29, 1.82) is 0 Å². The lowest BCUT2D eigenvalue weighted by Crippen LogP contribution is -2.19. The van der Waals surface area contributed by atoms with Gasteiger partial charge >= 0.3 is 0 Å². The molecule has 0 spiro atoms. The Labute approximate surface area is 146 Å². The fourth-order valence-corrected chi connectivity index (χ4v) is 2.30. The number of nitrogens with one attached hydrogen (secondary N) is 2. The third-order valence-corrected chi connectivity index (χ3v) is 3.67. The number of nitro benzene ring substituents is 1. The molecule has 8 heteroatoms. The number of halogens is 1. The van der Waals surface area contributed by atoms with Crippen LogP contribution < -0.4 is 15.4 Å². The van der Waals surface area contributed by atoms with Crippen LogP contribution >= 0.6 is 34.8 Å². The molecule has 0 aliphatic heterocycles. The molecule has 0 atom stereocenters. The molecule has 2 aromatic carbocycles. The predicted octanol–water partition coefficient (Wildman–Crippen LogP) is 4.02. The van der Waals surface area contributed by atoms with Gasteiger partial charge in [0.1, 0.15) is 5.75 Å². The lowest BCUT2D eigenvalue weighted by Gasteiger charge is -2.13. The van der Waals surface area contributed by atoms with Crippen LogP contribution in [0.2, 0.25) is 0 Å². The first-order valence-corrected chi connectivity index (χ1v) is 7.64. The molecule has 2 N–H and O–H groups in total. The third kappa shape index (κ3) is 4.28. The van der Waals surface area contributed by atoms with Gasteiger partial charge in [-0.15, -0.1) is 0 Å². The van der Waals surface area contributed by atoms with Crippen molar-refractivity contribution in [3.63, 3.8) is 0 Å². The molecule has 22 heavy (non-hydrogen) atoms. The van der Waals surface area contributed by atoms with Crippen molar-refractivity contribution in [1.82, 2.24) is 0 Å². The minimum Gasteiger partial charge on any atom is -0.494 e. The van der Waals surface area contributed by atoms with E-state index in [-0.39, 0.29) is 5.69 Å². The summed E-state index contributed by atoms with van der Waals surface area (Å²) in [5.74, 6) is 0.348. The van der Waals surface area contributed by atoms with Gasteiger partial charge in [-0.3, -0.25) is 10.1 Å². The molecule has 0 radical (unpaired) electrons. The van der Waals surface area contributed by atoms with Crippen LogP contribution in [0.1, 0.15) is 0 Å². The number of benzene rings is 2. The van der Waals surface area contributed by atoms with Gasteiger partial charge in [0.2, 0.25) is 0 Å². The van der Waals surface area contributed by atoms with E-state index in [1.165, 1.54) is 19.2 Å². The lowest BCUT2D eigenvalue weighted by molar-refractivity contribution is -0.384. The molecular formula is C14H12IN3O3S. The summed E-state index contributed by atoms with van der Waals surface area (Å²) in [6.45, 7) is 0. The molecule has 0 aliphatic rings. The van der Waals surface area contributed by atoms with Gasteiger partial charge in [-0.2, -0.15) is 0 Å². The van der Waals surface area contributed by atoms with E-state index in [1.54, 1.807) is 6.07 Å². The largest absolute Gasteiger partial charge is 0.494 e. The summed E-state index contributed by atoms with van der Waals surface area (Å²) in [5.41, 5.74) is 1.36. The number of anilines is 2. The van der Waals surface area contributed by atoms with E-state index >= 15 is 0 Å². The Hall–Kier alpha value is -1.94. The van der Waals surface area contributed by atoms with Crippen LogP contribution in [0.15, 0.2) is 42.5 Å². The van der Waals surface area contributed by atoms with Gasteiger partial charge in [0.15, 0.2) is 5.11 Å². The summed E-state index contributed by atoms with van der Waals surface area (Å²) >= 11 is 7.45. The minimum atomic E-state index is -0.478. The van der Waals surface area contributed by atoms with E-state index < -0.39 is 4.92 Å². The summed E-state index contributed by atoms with van der Waals surface area (Å²) in [7, 11) is 1.44. The molecule has 0 amide bonds. The normalized spacial score (nSPS) is 9.91. The highest BCUT2D eigenvalue weighted by molar-refractivity contribution is 14.1. The van der Waals surface area contributed by atoms with Crippen molar-refractivity contribution >= 4 is 57.0 Å². The van der Waals surface area contributed by atoms with E-state index in [0.717, 1.165) is 9.26 Å². The molecule has 114 valence electrons. The Kier molecular flexibility index (Phi) is 5.50. The maximum Gasteiger partial charge on any atom is 0.273 e. The monoisotopic (exact) mass is 429 g/mol. The standard InChI is InChI=1S/C14H12IN3O3S/c1-21-13-8-11(18(19)20)6-7-12(13)17-14(22)16-10-4-2-9(15)3-5-10/h2-8H,1H3,(H2,16,17,22). The zero-order valence-electron chi connectivity index (χ0n) is 11.5. The fourth-order valence-electron chi connectivity index (χ4n) is 1.71. The molecule has 2 rings (SSSR count). The van der Waals surface area contributed by atoms with Crippen LogP contribution in [0.4, 0.5) is 17.1 Å². The van der Waals surface area contributed by atoms with Crippen molar-refractivity contribution in [2.45, 2.75) is 0 Å². The van der Waals surface area contributed by atoms with Crippen LogP contribution in [-0.4, -0.2) is 17.1 Å². The smallest absolute Gasteiger partial charge is 0.273 e. The van der Waals surface area contributed by atoms with Gasteiger partial charge in [-0.25, -0.2) is 0 Å². The maximum absolute atomic E-state index is 10.8. The van der Waals surface area contributed by atoms with E-state index in [4.69, 9.17) is 17.0 Å². The summed E-state index contributed by atoms with van der Waals surface area (Å²) in [4.78, 5) is 10.3. The summed E-state index contributed by atoms with van der Waals surface area (Å²) < 4.78 is 6.27. The highest BCUT2D eigenvalue weighted by Crippen LogP contribution is 2.29. The van der Waals surface area contributed by atoms with E-state index in [9.17, 15) is 10.1 Å².